The molecule has 0 aliphatic heterocycles. The standard InChI is InChI=1S/C65H41NO/c1-64(2)53-27-13-9-22-46(53)48-34-32-39(37-56(48)64)66(58-35-36-60-62(58)52-26-12-16-30-59(52)67-60)40-31-33-47-42-18-4-3-17-41(42)45-21-10-14-28-54(45)65(57(47)38-40)55-29-15-11-25-51(55)61-49-23-7-5-19-43(49)44-20-6-8-24-50(44)63(61)65/h3-35,37-38H,1-2H3. The topological polar surface area (TPSA) is 16.4 Å². The maximum absolute atomic E-state index is 6.54. The van der Waals surface area contributed by atoms with Crippen molar-refractivity contribution in [2.45, 2.75) is 24.7 Å². The van der Waals surface area contributed by atoms with Crippen LogP contribution in [0, 0.1) is 0 Å². The molecule has 10 aromatic carbocycles. The number of benzene rings is 10. The molecule has 1 aromatic heterocycles. The van der Waals surface area contributed by atoms with Gasteiger partial charge in [0.05, 0.1) is 16.3 Å². The molecule has 0 radical (unpaired) electrons. The second-order valence-corrected chi connectivity index (χ2v) is 19.2. The van der Waals surface area contributed by atoms with Crippen molar-refractivity contribution in [3.05, 3.63) is 256 Å². The fraction of sp³-hybridized carbons (Fsp3) is 0.0615. The summed E-state index contributed by atoms with van der Waals surface area (Å²) >= 11 is 0. The molecule has 11 aromatic rings. The number of hydrogen-bond acceptors (Lipinski definition) is 2. The predicted octanol–water partition coefficient (Wildman–Crippen LogP) is 15.0. The Bertz CT molecular complexity index is 4200. The molecule has 4 aliphatic rings. The Labute approximate surface area is 388 Å². The summed E-state index contributed by atoms with van der Waals surface area (Å²) in [5.74, 6) is 0. The molecule has 0 saturated carbocycles. The lowest BCUT2D eigenvalue weighted by Crippen LogP contribution is -2.31. The van der Waals surface area contributed by atoms with E-state index in [-0.39, 0.29) is 5.41 Å². The van der Waals surface area contributed by atoms with Gasteiger partial charge in [-0.25, -0.2) is 0 Å². The Morgan fingerprint density at radius 3 is 1.58 bits per heavy atom. The number of para-hydroxylation sites is 1. The van der Waals surface area contributed by atoms with Gasteiger partial charge in [-0.3, -0.25) is 0 Å². The molecular formula is C65H41NO. The van der Waals surface area contributed by atoms with E-state index in [1.807, 2.05) is 6.07 Å². The van der Waals surface area contributed by atoms with E-state index in [0.717, 1.165) is 38.7 Å². The largest absolute Gasteiger partial charge is 0.448 e. The first-order valence-electron chi connectivity index (χ1n) is 23.4. The van der Waals surface area contributed by atoms with Crippen LogP contribution in [0.15, 0.2) is 217 Å². The number of furan rings is 1. The van der Waals surface area contributed by atoms with E-state index in [9.17, 15) is 0 Å². The minimum absolute atomic E-state index is 0.185. The van der Waals surface area contributed by atoms with Gasteiger partial charge in [-0.05, 0) is 130 Å². The van der Waals surface area contributed by atoms with Gasteiger partial charge in [0.15, 0.2) is 5.42 Å². The third-order valence-corrected chi connectivity index (χ3v) is 15.7. The number of fused-ring (bicyclic) bond motifs is 23. The first kappa shape index (κ1) is 36.9. The molecule has 15 rings (SSSR count). The van der Waals surface area contributed by atoms with E-state index in [4.69, 9.17) is 4.42 Å². The van der Waals surface area contributed by atoms with Crippen LogP contribution in [0.5, 0.6) is 0 Å². The lowest BCUT2D eigenvalue weighted by molar-refractivity contribution is 0.577. The molecule has 0 saturated heterocycles. The molecule has 0 fully saturated rings. The normalized spacial score (nSPS) is 16.2. The number of hydrogen-bond donors (Lipinski definition) is 0. The highest BCUT2D eigenvalue weighted by Crippen LogP contribution is 2.65. The Morgan fingerprint density at radius 2 is 0.881 bits per heavy atom. The maximum Gasteiger partial charge on any atom is 0.179 e. The first-order valence-corrected chi connectivity index (χ1v) is 23.4. The fourth-order valence-electron chi connectivity index (χ4n) is 12.9. The summed E-state index contributed by atoms with van der Waals surface area (Å²) in [5, 5.41) is 7.25. The molecule has 0 amide bonds. The lowest BCUT2D eigenvalue weighted by atomic mass is 9.64. The van der Waals surface area contributed by atoms with Gasteiger partial charge in [0, 0.05) is 28.3 Å². The van der Waals surface area contributed by atoms with Gasteiger partial charge in [-0.15, -0.1) is 0 Å². The van der Waals surface area contributed by atoms with E-state index >= 15 is 0 Å². The molecule has 0 bridgehead atoms. The SMILES string of the molecule is CC1(C)c2ccccc2-c2ccc(N(C3=c4c(oc5ccccc45)=C=C3)c3ccc4c(c3)C3(c5ccccc5-c5ccccc5-4)c4ccccc4-c4c3c3ccccc3c3ccccc43)cc21. The minimum atomic E-state index is -0.709. The maximum atomic E-state index is 6.54. The van der Waals surface area contributed by atoms with Crippen LogP contribution in [-0.4, -0.2) is 0 Å². The summed E-state index contributed by atoms with van der Waals surface area (Å²) < 4.78 is 6.54. The summed E-state index contributed by atoms with van der Waals surface area (Å²) in [4.78, 5) is 2.48. The molecule has 1 spiro atoms. The molecule has 1 unspecified atom stereocenters. The minimum Gasteiger partial charge on any atom is -0.448 e. The predicted molar refractivity (Wildman–Crippen MR) is 276 cm³/mol. The van der Waals surface area contributed by atoms with E-state index in [0.29, 0.717) is 0 Å². The zero-order valence-electron chi connectivity index (χ0n) is 37.1. The van der Waals surface area contributed by atoms with Gasteiger partial charge < -0.3 is 9.32 Å². The zero-order valence-corrected chi connectivity index (χ0v) is 37.1. The second-order valence-electron chi connectivity index (χ2n) is 19.2. The molecule has 2 heteroatoms. The number of rotatable bonds is 3. The van der Waals surface area contributed by atoms with Gasteiger partial charge in [0.25, 0.3) is 0 Å². The molecule has 0 N–H and O–H groups in total. The van der Waals surface area contributed by atoms with Crippen molar-refractivity contribution < 1.29 is 4.42 Å². The lowest BCUT2D eigenvalue weighted by Gasteiger charge is -2.37. The van der Waals surface area contributed by atoms with Crippen LogP contribution in [0.25, 0.3) is 88.5 Å². The molecule has 1 heterocycles. The highest BCUT2D eigenvalue weighted by molar-refractivity contribution is 6.20. The highest BCUT2D eigenvalue weighted by atomic mass is 16.3. The van der Waals surface area contributed by atoms with Gasteiger partial charge >= 0.3 is 0 Å². The van der Waals surface area contributed by atoms with Crippen molar-refractivity contribution in [3.63, 3.8) is 0 Å². The van der Waals surface area contributed by atoms with Crippen LogP contribution in [-0.2, 0) is 10.8 Å². The third-order valence-electron chi connectivity index (χ3n) is 15.7. The van der Waals surface area contributed by atoms with Crippen molar-refractivity contribution in [2.75, 3.05) is 4.90 Å². The first-order chi connectivity index (χ1) is 33.0. The smallest absolute Gasteiger partial charge is 0.179 e. The molecule has 4 aliphatic carbocycles. The molecular weight excluding hydrogens is 811 g/mol. The highest BCUT2D eigenvalue weighted by Gasteiger charge is 2.51. The molecule has 1 atom stereocenters. The Hall–Kier alpha value is -8.42. The monoisotopic (exact) mass is 851 g/mol. The Morgan fingerprint density at radius 1 is 0.403 bits per heavy atom. The Balaban J connectivity index is 1.11. The summed E-state index contributed by atoms with van der Waals surface area (Å²) in [5.41, 5.74) is 25.6. The van der Waals surface area contributed by atoms with Crippen molar-refractivity contribution in [1.29, 1.82) is 0 Å². The van der Waals surface area contributed by atoms with Gasteiger partial charge in [-0.2, -0.15) is 0 Å². The average Bonchev–Trinajstić information content (AvgIpc) is 4.09. The molecule has 2 nitrogen and oxygen atoms in total. The van der Waals surface area contributed by atoms with Gasteiger partial charge in [0.1, 0.15) is 5.58 Å². The summed E-state index contributed by atoms with van der Waals surface area (Å²) in [6, 6.07) is 77.4. The van der Waals surface area contributed by atoms with Crippen molar-refractivity contribution in [2.24, 2.45) is 0 Å². The van der Waals surface area contributed by atoms with Crippen LogP contribution >= 0.6 is 0 Å². The van der Waals surface area contributed by atoms with Crippen LogP contribution in [0.4, 0.5) is 11.4 Å². The van der Waals surface area contributed by atoms with Crippen LogP contribution in [0.2, 0.25) is 0 Å². The van der Waals surface area contributed by atoms with Crippen LogP contribution in [0.1, 0.15) is 47.2 Å². The second kappa shape index (κ2) is 13.1. The van der Waals surface area contributed by atoms with Crippen molar-refractivity contribution in [3.8, 4) is 44.5 Å². The van der Waals surface area contributed by atoms with Crippen molar-refractivity contribution >= 4 is 55.3 Å². The van der Waals surface area contributed by atoms with E-state index in [1.54, 1.807) is 0 Å². The van der Waals surface area contributed by atoms with E-state index in [1.165, 1.54) is 99.4 Å². The van der Waals surface area contributed by atoms with E-state index in [2.05, 4.69) is 231 Å². The molecule has 67 heavy (non-hydrogen) atoms. The van der Waals surface area contributed by atoms with Crippen molar-refractivity contribution in [1.82, 2.24) is 0 Å². The summed E-state index contributed by atoms with van der Waals surface area (Å²) in [7, 11) is 0. The van der Waals surface area contributed by atoms with E-state index < -0.39 is 5.41 Å². The number of nitrogens with zero attached hydrogens (tertiary/aromatic N) is 1. The third kappa shape index (κ3) is 4.65. The Kier molecular flexibility index (Phi) is 7.21. The summed E-state index contributed by atoms with van der Waals surface area (Å²) in [6.07, 6.45) is 2.14. The molecule has 312 valence electrons. The van der Waals surface area contributed by atoms with Crippen LogP contribution in [0.3, 0.4) is 0 Å². The zero-order chi connectivity index (χ0) is 44.2. The quantitative estimate of drug-likeness (QED) is 0.165. The average molecular weight is 852 g/mol. The fourth-order valence-corrected chi connectivity index (χ4v) is 12.9. The number of anilines is 2. The summed E-state index contributed by atoms with van der Waals surface area (Å²) in [6.45, 7) is 4.74. The van der Waals surface area contributed by atoms with Crippen LogP contribution < -0.4 is 15.5 Å². The van der Waals surface area contributed by atoms with Gasteiger partial charge in [-0.1, -0.05) is 196 Å². The van der Waals surface area contributed by atoms with Gasteiger partial charge in [0.2, 0.25) is 0 Å².